The van der Waals surface area contributed by atoms with Crippen LogP contribution in [-0.2, 0) is 6.54 Å². The highest BCUT2D eigenvalue weighted by molar-refractivity contribution is 5.51. The number of anilines is 2. The van der Waals surface area contributed by atoms with Crippen molar-refractivity contribution in [2.75, 3.05) is 24.8 Å². The van der Waals surface area contributed by atoms with Crippen molar-refractivity contribution in [3.63, 3.8) is 0 Å². The molecule has 0 aliphatic rings. The second-order valence-corrected chi connectivity index (χ2v) is 4.45. The van der Waals surface area contributed by atoms with Crippen molar-refractivity contribution >= 4 is 11.4 Å². The van der Waals surface area contributed by atoms with Gasteiger partial charge in [-0.05, 0) is 35.9 Å². The molecule has 0 amide bonds. The standard InChI is InChI=1S/C15H17FN2O/c1-18(14-4-3-5-15(9-14)19-2)10-11-6-12(16)8-13(17)7-11/h3-9H,10,17H2,1-2H3. The van der Waals surface area contributed by atoms with Gasteiger partial charge in [0.15, 0.2) is 0 Å². The Labute approximate surface area is 112 Å². The van der Waals surface area contributed by atoms with Crippen molar-refractivity contribution in [2.24, 2.45) is 0 Å². The van der Waals surface area contributed by atoms with Crippen molar-refractivity contribution in [3.05, 3.63) is 53.8 Å². The maximum absolute atomic E-state index is 13.3. The minimum absolute atomic E-state index is 0.311. The molecule has 0 unspecified atom stereocenters. The number of hydrogen-bond donors (Lipinski definition) is 1. The molecular weight excluding hydrogens is 243 g/mol. The zero-order valence-corrected chi connectivity index (χ0v) is 11.1. The van der Waals surface area contributed by atoms with Gasteiger partial charge in [0.2, 0.25) is 0 Å². The number of rotatable bonds is 4. The van der Waals surface area contributed by atoms with E-state index >= 15 is 0 Å². The van der Waals surface area contributed by atoms with Crippen molar-refractivity contribution in [1.29, 1.82) is 0 Å². The number of benzene rings is 2. The van der Waals surface area contributed by atoms with Gasteiger partial charge in [-0.2, -0.15) is 0 Å². The normalized spacial score (nSPS) is 10.3. The van der Waals surface area contributed by atoms with Crippen molar-refractivity contribution in [2.45, 2.75) is 6.54 Å². The number of halogens is 1. The van der Waals surface area contributed by atoms with Crippen LogP contribution in [-0.4, -0.2) is 14.2 Å². The van der Waals surface area contributed by atoms with Gasteiger partial charge in [0, 0.05) is 31.0 Å². The molecule has 0 fully saturated rings. The summed E-state index contributed by atoms with van der Waals surface area (Å²) in [5.74, 6) is 0.483. The Balaban J connectivity index is 2.17. The van der Waals surface area contributed by atoms with E-state index in [1.165, 1.54) is 12.1 Å². The van der Waals surface area contributed by atoms with E-state index in [2.05, 4.69) is 0 Å². The van der Waals surface area contributed by atoms with Crippen molar-refractivity contribution in [1.82, 2.24) is 0 Å². The van der Waals surface area contributed by atoms with E-state index in [9.17, 15) is 4.39 Å². The van der Waals surface area contributed by atoms with Crippen molar-refractivity contribution < 1.29 is 9.13 Å². The molecule has 0 aliphatic heterocycles. The molecule has 0 bridgehead atoms. The molecule has 2 aromatic rings. The Morgan fingerprint density at radius 2 is 2.00 bits per heavy atom. The summed E-state index contributed by atoms with van der Waals surface area (Å²) in [5.41, 5.74) is 7.92. The van der Waals surface area contributed by atoms with E-state index in [0.29, 0.717) is 12.2 Å². The highest BCUT2D eigenvalue weighted by atomic mass is 19.1. The Bertz CT molecular complexity index is 552. The smallest absolute Gasteiger partial charge is 0.125 e. The second kappa shape index (κ2) is 5.61. The van der Waals surface area contributed by atoms with Crippen LogP contribution in [0, 0.1) is 5.82 Å². The van der Waals surface area contributed by atoms with Crippen LogP contribution < -0.4 is 15.4 Å². The number of ether oxygens (including phenoxy) is 1. The van der Waals surface area contributed by atoms with Gasteiger partial charge >= 0.3 is 0 Å². The number of nitrogens with zero attached hydrogens (tertiary/aromatic N) is 1. The van der Waals surface area contributed by atoms with Crippen LogP contribution in [0.5, 0.6) is 5.75 Å². The molecule has 3 nitrogen and oxygen atoms in total. The molecule has 0 atom stereocenters. The van der Waals surface area contributed by atoms with Gasteiger partial charge in [-0.25, -0.2) is 4.39 Å². The summed E-state index contributed by atoms with van der Waals surface area (Å²) in [4.78, 5) is 2.01. The Morgan fingerprint density at radius 3 is 2.68 bits per heavy atom. The third kappa shape index (κ3) is 3.37. The van der Waals surface area contributed by atoms with Crippen molar-refractivity contribution in [3.8, 4) is 5.75 Å². The molecule has 19 heavy (non-hydrogen) atoms. The first kappa shape index (κ1) is 13.2. The molecule has 100 valence electrons. The van der Waals surface area contributed by atoms with E-state index in [0.717, 1.165) is 17.0 Å². The molecule has 2 rings (SSSR count). The highest BCUT2D eigenvalue weighted by Crippen LogP contribution is 2.22. The molecule has 0 saturated carbocycles. The molecule has 2 N–H and O–H groups in total. The van der Waals surface area contributed by atoms with Gasteiger partial charge in [-0.3, -0.25) is 0 Å². The molecule has 0 saturated heterocycles. The quantitative estimate of drug-likeness (QED) is 0.859. The van der Waals surface area contributed by atoms with E-state index in [1.54, 1.807) is 13.2 Å². The Morgan fingerprint density at radius 1 is 1.21 bits per heavy atom. The van der Waals surface area contributed by atoms with Gasteiger partial charge in [-0.15, -0.1) is 0 Å². The van der Waals surface area contributed by atoms with Crippen LogP contribution >= 0.6 is 0 Å². The average molecular weight is 260 g/mol. The first-order chi connectivity index (χ1) is 9.08. The topological polar surface area (TPSA) is 38.5 Å². The number of methoxy groups -OCH3 is 1. The largest absolute Gasteiger partial charge is 0.497 e. The summed E-state index contributed by atoms with van der Waals surface area (Å²) in [7, 11) is 3.57. The highest BCUT2D eigenvalue weighted by Gasteiger charge is 2.05. The lowest BCUT2D eigenvalue weighted by Gasteiger charge is -2.20. The fourth-order valence-electron chi connectivity index (χ4n) is 1.98. The summed E-state index contributed by atoms with van der Waals surface area (Å²) in [5, 5.41) is 0. The van der Waals surface area contributed by atoms with Crippen LogP contribution in [0.25, 0.3) is 0 Å². The maximum Gasteiger partial charge on any atom is 0.125 e. The lowest BCUT2D eigenvalue weighted by molar-refractivity contribution is 0.415. The van der Waals surface area contributed by atoms with E-state index in [-0.39, 0.29) is 5.82 Å². The molecule has 0 heterocycles. The van der Waals surface area contributed by atoms with Gasteiger partial charge in [0.1, 0.15) is 11.6 Å². The fraction of sp³-hybridized carbons (Fsp3) is 0.200. The van der Waals surface area contributed by atoms with E-state index in [4.69, 9.17) is 10.5 Å². The molecule has 0 aliphatic carbocycles. The second-order valence-electron chi connectivity index (χ2n) is 4.45. The van der Waals surface area contributed by atoms with Crippen LogP contribution in [0.2, 0.25) is 0 Å². The maximum atomic E-state index is 13.3. The van der Waals surface area contributed by atoms with Gasteiger partial charge in [-0.1, -0.05) is 6.07 Å². The monoisotopic (exact) mass is 260 g/mol. The number of nitrogen functional groups attached to an aromatic ring is 1. The van der Waals surface area contributed by atoms with Crippen LogP contribution in [0.1, 0.15) is 5.56 Å². The Kier molecular flexibility index (Phi) is 3.90. The molecule has 0 spiro atoms. The molecular formula is C15H17FN2O. The summed E-state index contributed by atoms with van der Waals surface area (Å²) in [6, 6.07) is 12.3. The predicted octanol–water partition coefficient (Wildman–Crippen LogP) is 3.05. The zero-order chi connectivity index (χ0) is 13.8. The molecule has 0 radical (unpaired) electrons. The summed E-state index contributed by atoms with van der Waals surface area (Å²) < 4.78 is 18.5. The van der Waals surface area contributed by atoms with E-state index < -0.39 is 0 Å². The third-order valence-corrected chi connectivity index (χ3v) is 2.89. The molecule has 2 aromatic carbocycles. The lowest BCUT2D eigenvalue weighted by Crippen LogP contribution is -2.16. The summed E-state index contributed by atoms with van der Waals surface area (Å²) >= 11 is 0. The van der Waals surface area contributed by atoms with Crippen LogP contribution in [0.4, 0.5) is 15.8 Å². The van der Waals surface area contributed by atoms with Gasteiger partial charge in [0.05, 0.1) is 7.11 Å². The first-order valence-corrected chi connectivity index (χ1v) is 5.98. The lowest BCUT2D eigenvalue weighted by atomic mass is 10.1. The molecule has 4 heteroatoms. The van der Waals surface area contributed by atoms with E-state index in [1.807, 2.05) is 36.2 Å². The first-order valence-electron chi connectivity index (χ1n) is 5.98. The van der Waals surface area contributed by atoms with Crippen LogP contribution in [0.15, 0.2) is 42.5 Å². The Hall–Kier alpha value is -2.23. The molecule has 0 aromatic heterocycles. The SMILES string of the molecule is COc1cccc(N(C)Cc2cc(N)cc(F)c2)c1. The zero-order valence-electron chi connectivity index (χ0n) is 11.1. The van der Waals surface area contributed by atoms with Gasteiger partial charge in [0.25, 0.3) is 0 Å². The minimum atomic E-state index is -0.311. The summed E-state index contributed by atoms with van der Waals surface area (Å²) in [6.07, 6.45) is 0. The summed E-state index contributed by atoms with van der Waals surface area (Å²) in [6.45, 7) is 0.578. The average Bonchev–Trinajstić information content (AvgIpc) is 2.37. The third-order valence-electron chi connectivity index (χ3n) is 2.89. The van der Waals surface area contributed by atoms with Gasteiger partial charge < -0.3 is 15.4 Å². The predicted molar refractivity (Wildman–Crippen MR) is 75.9 cm³/mol. The minimum Gasteiger partial charge on any atom is -0.497 e. The fourth-order valence-corrected chi connectivity index (χ4v) is 1.98. The number of hydrogen-bond acceptors (Lipinski definition) is 3. The van der Waals surface area contributed by atoms with Crippen LogP contribution in [0.3, 0.4) is 0 Å². The number of nitrogens with two attached hydrogens (primary N) is 1.